The third kappa shape index (κ3) is 2.90. The van der Waals surface area contributed by atoms with E-state index in [1.165, 1.54) is 12.1 Å². The summed E-state index contributed by atoms with van der Waals surface area (Å²) in [4.78, 5) is 12.0. The number of hydrogen-bond acceptors (Lipinski definition) is 2. The summed E-state index contributed by atoms with van der Waals surface area (Å²) in [6.45, 7) is 1.51. The quantitative estimate of drug-likeness (QED) is 0.825. The molecule has 1 fully saturated rings. The summed E-state index contributed by atoms with van der Waals surface area (Å²) in [5.41, 5.74) is -0.363. The fraction of sp³-hybridized carbons (Fsp3) is 0.462. The summed E-state index contributed by atoms with van der Waals surface area (Å²) >= 11 is 0. The van der Waals surface area contributed by atoms with E-state index in [1.807, 2.05) is 0 Å². The van der Waals surface area contributed by atoms with E-state index in [9.17, 15) is 18.0 Å². The number of Topliss-reactive ketones (excluding diaryl/α,β-unsaturated/α-hetero) is 1. The van der Waals surface area contributed by atoms with Crippen LogP contribution in [-0.4, -0.2) is 18.9 Å². The highest BCUT2D eigenvalue weighted by molar-refractivity contribution is 5.98. The lowest BCUT2D eigenvalue weighted by Crippen LogP contribution is -2.34. The number of alkyl halides is 3. The number of carbonyl (C=O) groups excluding carboxylic acids is 1. The molecule has 18 heavy (non-hydrogen) atoms. The summed E-state index contributed by atoms with van der Waals surface area (Å²) in [6, 6.07) is 4.45. The molecule has 1 saturated heterocycles. The van der Waals surface area contributed by atoms with E-state index >= 15 is 0 Å². The van der Waals surface area contributed by atoms with Gasteiger partial charge in [0.15, 0.2) is 5.78 Å². The first-order valence-electron chi connectivity index (χ1n) is 5.90. The van der Waals surface area contributed by atoms with Crippen LogP contribution in [0.5, 0.6) is 0 Å². The van der Waals surface area contributed by atoms with Crippen LogP contribution >= 0.6 is 0 Å². The molecular formula is C13H14F3NO. The van der Waals surface area contributed by atoms with Gasteiger partial charge in [-0.2, -0.15) is 13.2 Å². The molecule has 1 aliphatic rings. The lowest BCUT2D eigenvalue weighted by Gasteiger charge is -2.21. The third-order valence-electron chi connectivity index (χ3n) is 3.16. The molecule has 0 radical (unpaired) electrons. The maximum absolute atomic E-state index is 12.4. The van der Waals surface area contributed by atoms with Gasteiger partial charge in [-0.05, 0) is 31.5 Å². The van der Waals surface area contributed by atoms with E-state index < -0.39 is 11.7 Å². The molecule has 0 spiro atoms. The molecule has 0 aromatic heterocycles. The second kappa shape index (κ2) is 5.10. The van der Waals surface area contributed by atoms with Crippen LogP contribution in [0.1, 0.15) is 28.8 Å². The average Bonchev–Trinajstić information content (AvgIpc) is 2.38. The van der Waals surface area contributed by atoms with Crippen LogP contribution in [0, 0.1) is 5.92 Å². The van der Waals surface area contributed by atoms with Gasteiger partial charge in [-0.25, -0.2) is 0 Å². The van der Waals surface area contributed by atoms with Gasteiger partial charge in [0, 0.05) is 18.0 Å². The highest BCUT2D eigenvalue weighted by Gasteiger charge is 2.30. The van der Waals surface area contributed by atoms with Crippen molar-refractivity contribution in [1.29, 1.82) is 0 Å². The van der Waals surface area contributed by atoms with Crippen molar-refractivity contribution in [3.8, 4) is 0 Å². The fourth-order valence-corrected chi connectivity index (χ4v) is 2.13. The molecule has 1 atom stereocenters. The van der Waals surface area contributed by atoms with Crippen LogP contribution in [0.25, 0.3) is 0 Å². The highest BCUT2D eigenvalue weighted by Crippen LogP contribution is 2.29. The van der Waals surface area contributed by atoms with Gasteiger partial charge < -0.3 is 5.32 Å². The first-order chi connectivity index (χ1) is 8.48. The van der Waals surface area contributed by atoms with Gasteiger partial charge >= 0.3 is 6.18 Å². The molecule has 2 rings (SSSR count). The van der Waals surface area contributed by atoms with Crippen molar-refractivity contribution in [3.05, 3.63) is 35.4 Å². The van der Waals surface area contributed by atoms with Crippen LogP contribution < -0.4 is 5.32 Å². The minimum absolute atomic E-state index is 0.0732. The summed E-state index contributed by atoms with van der Waals surface area (Å²) < 4.78 is 37.1. The van der Waals surface area contributed by atoms with Gasteiger partial charge in [0.2, 0.25) is 0 Å². The second-order valence-electron chi connectivity index (χ2n) is 4.48. The largest absolute Gasteiger partial charge is 0.416 e. The van der Waals surface area contributed by atoms with E-state index in [0.717, 1.165) is 31.5 Å². The number of hydrogen-bond donors (Lipinski definition) is 1. The lowest BCUT2D eigenvalue weighted by molar-refractivity contribution is -0.137. The zero-order chi connectivity index (χ0) is 13.2. The molecule has 0 unspecified atom stereocenters. The zero-order valence-electron chi connectivity index (χ0n) is 9.76. The molecule has 0 saturated carbocycles. The zero-order valence-corrected chi connectivity index (χ0v) is 9.76. The molecule has 1 N–H and O–H groups in total. The molecule has 1 aromatic carbocycles. The minimum Gasteiger partial charge on any atom is -0.316 e. The molecular weight excluding hydrogens is 243 g/mol. The van der Waals surface area contributed by atoms with Crippen LogP contribution in [0.4, 0.5) is 13.2 Å². The van der Waals surface area contributed by atoms with E-state index in [0.29, 0.717) is 12.1 Å². The van der Waals surface area contributed by atoms with Crippen LogP contribution in [0.3, 0.4) is 0 Å². The van der Waals surface area contributed by atoms with Gasteiger partial charge in [-0.15, -0.1) is 0 Å². The first kappa shape index (κ1) is 13.1. The van der Waals surface area contributed by atoms with Crippen molar-refractivity contribution in [1.82, 2.24) is 5.32 Å². The van der Waals surface area contributed by atoms with Crippen LogP contribution in [0.2, 0.25) is 0 Å². The summed E-state index contributed by atoms with van der Waals surface area (Å²) in [6.07, 6.45) is -2.63. The summed E-state index contributed by atoms with van der Waals surface area (Å²) in [5.74, 6) is -0.189. The SMILES string of the molecule is O=C(c1ccc(C(F)(F)F)cc1)[C@H]1CCCNC1. The molecule has 98 valence electrons. The lowest BCUT2D eigenvalue weighted by atomic mass is 9.91. The molecule has 1 heterocycles. The number of benzene rings is 1. The smallest absolute Gasteiger partial charge is 0.316 e. The second-order valence-corrected chi connectivity index (χ2v) is 4.48. The monoisotopic (exact) mass is 257 g/mol. The van der Waals surface area contributed by atoms with Crippen molar-refractivity contribution in [3.63, 3.8) is 0 Å². The maximum atomic E-state index is 12.4. The molecule has 0 bridgehead atoms. The Morgan fingerprint density at radius 1 is 1.22 bits per heavy atom. The van der Waals surface area contributed by atoms with Crippen molar-refractivity contribution in [2.45, 2.75) is 19.0 Å². The Balaban J connectivity index is 2.11. The summed E-state index contributed by atoms with van der Waals surface area (Å²) in [7, 11) is 0. The molecule has 2 nitrogen and oxygen atoms in total. The van der Waals surface area contributed by atoms with E-state index in [2.05, 4.69) is 5.32 Å². The Bertz CT molecular complexity index is 419. The van der Waals surface area contributed by atoms with E-state index in [4.69, 9.17) is 0 Å². The van der Waals surface area contributed by atoms with Crippen molar-refractivity contribution < 1.29 is 18.0 Å². The highest BCUT2D eigenvalue weighted by atomic mass is 19.4. The van der Waals surface area contributed by atoms with Crippen LogP contribution in [-0.2, 0) is 6.18 Å². The van der Waals surface area contributed by atoms with Crippen LogP contribution in [0.15, 0.2) is 24.3 Å². The van der Waals surface area contributed by atoms with Gasteiger partial charge in [-0.1, -0.05) is 12.1 Å². The topological polar surface area (TPSA) is 29.1 Å². The number of halogens is 3. The maximum Gasteiger partial charge on any atom is 0.416 e. The van der Waals surface area contributed by atoms with Crippen molar-refractivity contribution >= 4 is 5.78 Å². The predicted octanol–water partition coefficient (Wildman–Crippen LogP) is 2.89. The van der Waals surface area contributed by atoms with Gasteiger partial charge in [0.25, 0.3) is 0 Å². The third-order valence-corrected chi connectivity index (χ3v) is 3.16. The van der Waals surface area contributed by atoms with Gasteiger partial charge in [0.05, 0.1) is 5.56 Å². The molecule has 5 heteroatoms. The van der Waals surface area contributed by atoms with Crippen molar-refractivity contribution in [2.75, 3.05) is 13.1 Å². The Kier molecular flexibility index (Phi) is 3.71. The molecule has 0 amide bonds. The van der Waals surface area contributed by atoms with Crippen molar-refractivity contribution in [2.24, 2.45) is 5.92 Å². The Morgan fingerprint density at radius 2 is 1.89 bits per heavy atom. The van der Waals surface area contributed by atoms with E-state index in [-0.39, 0.29) is 11.7 Å². The van der Waals surface area contributed by atoms with E-state index in [1.54, 1.807) is 0 Å². The normalized spacial score (nSPS) is 20.7. The molecule has 0 aliphatic carbocycles. The van der Waals surface area contributed by atoms with Gasteiger partial charge in [0.1, 0.15) is 0 Å². The number of ketones is 1. The number of rotatable bonds is 2. The minimum atomic E-state index is -4.35. The molecule has 1 aromatic rings. The van der Waals surface area contributed by atoms with Gasteiger partial charge in [-0.3, -0.25) is 4.79 Å². The molecule has 1 aliphatic heterocycles. The summed E-state index contributed by atoms with van der Waals surface area (Å²) in [5, 5.41) is 3.12. The Labute approximate surface area is 103 Å². The predicted molar refractivity (Wildman–Crippen MR) is 61.4 cm³/mol. The standard InChI is InChI=1S/C13H14F3NO/c14-13(15,16)11-5-3-9(4-6-11)12(18)10-2-1-7-17-8-10/h3-6,10,17H,1-2,7-8H2/t10-/m0/s1. The first-order valence-corrected chi connectivity index (χ1v) is 5.90. The Hall–Kier alpha value is -1.36. The number of carbonyl (C=O) groups is 1. The number of nitrogens with one attached hydrogen (secondary N) is 1. The Morgan fingerprint density at radius 3 is 2.39 bits per heavy atom. The number of piperidine rings is 1. The average molecular weight is 257 g/mol. The fourth-order valence-electron chi connectivity index (χ4n) is 2.13.